The Morgan fingerprint density at radius 1 is 1.46 bits per heavy atom. The summed E-state index contributed by atoms with van der Waals surface area (Å²) in [5, 5.41) is 6.66. The molecular formula is C15H21N5O3S. The van der Waals surface area contributed by atoms with Crippen molar-refractivity contribution >= 4 is 15.7 Å². The Morgan fingerprint density at radius 2 is 2.25 bits per heavy atom. The van der Waals surface area contributed by atoms with E-state index in [9.17, 15) is 13.2 Å². The molecule has 0 aliphatic carbocycles. The lowest BCUT2D eigenvalue weighted by Crippen LogP contribution is -2.32. The summed E-state index contributed by atoms with van der Waals surface area (Å²) in [4.78, 5) is 18.7. The Balaban J connectivity index is 1.70. The van der Waals surface area contributed by atoms with Gasteiger partial charge in [0.15, 0.2) is 9.84 Å². The Hall–Kier alpha value is -2.16. The van der Waals surface area contributed by atoms with Gasteiger partial charge in [0.05, 0.1) is 11.9 Å². The van der Waals surface area contributed by atoms with Crippen LogP contribution in [0.15, 0.2) is 23.5 Å². The first-order valence-corrected chi connectivity index (χ1v) is 9.80. The van der Waals surface area contributed by atoms with Crippen LogP contribution in [0.25, 0.3) is 0 Å². The Labute approximate surface area is 140 Å². The van der Waals surface area contributed by atoms with Gasteiger partial charge in [-0.15, -0.1) is 0 Å². The summed E-state index contributed by atoms with van der Waals surface area (Å²) in [6.07, 6.45) is 7.51. The molecule has 1 aliphatic rings. The maximum absolute atomic E-state index is 12.5. The van der Waals surface area contributed by atoms with Crippen molar-refractivity contribution in [3.63, 3.8) is 0 Å². The number of aromatic nitrogens is 4. The number of rotatable bonds is 5. The number of nitrogens with one attached hydrogen (secondary N) is 1. The Morgan fingerprint density at radius 3 is 2.96 bits per heavy atom. The minimum Gasteiger partial charge on any atom is -0.340 e. The summed E-state index contributed by atoms with van der Waals surface area (Å²) in [5.74, 6) is 0.868. The highest BCUT2D eigenvalue weighted by atomic mass is 32.2. The van der Waals surface area contributed by atoms with E-state index >= 15 is 0 Å². The van der Waals surface area contributed by atoms with Crippen LogP contribution in [-0.4, -0.2) is 58.3 Å². The van der Waals surface area contributed by atoms with Gasteiger partial charge in [0.2, 0.25) is 5.91 Å². The number of aryl methyl sites for hydroxylation is 1. The van der Waals surface area contributed by atoms with E-state index in [-0.39, 0.29) is 23.3 Å². The van der Waals surface area contributed by atoms with Gasteiger partial charge in [0.25, 0.3) is 0 Å². The molecule has 8 nitrogen and oxygen atoms in total. The number of sulfone groups is 1. The van der Waals surface area contributed by atoms with Gasteiger partial charge in [-0.05, 0) is 6.42 Å². The third kappa shape index (κ3) is 3.21. The number of amides is 1. The van der Waals surface area contributed by atoms with E-state index in [1.165, 1.54) is 12.5 Å². The van der Waals surface area contributed by atoms with Gasteiger partial charge in [-0.1, -0.05) is 6.92 Å². The molecule has 0 radical (unpaired) electrons. The van der Waals surface area contributed by atoms with Crippen molar-refractivity contribution in [1.82, 2.24) is 24.6 Å². The van der Waals surface area contributed by atoms with Crippen LogP contribution in [0.5, 0.6) is 0 Å². The number of carbonyl (C=O) groups is 1. The summed E-state index contributed by atoms with van der Waals surface area (Å²) in [6, 6.07) is 0. The average molecular weight is 351 g/mol. The van der Waals surface area contributed by atoms with Crippen LogP contribution in [0.3, 0.4) is 0 Å². The fourth-order valence-electron chi connectivity index (χ4n) is 3.14. The van der Waals surface area contributed by atoms with Crippen LogP contribution in [0.1, 0.15) is 30.8 Å². The number of nitrogens with zero attached hydrogens (tertiary/aromatic N) is 4. The van der Waals surface area contributed by atoms with Crippen LogP contribution in [-0.2, 0) is 27.6 Å². The number of hydrogen-bond donors (Lipinski definition) is 1. The highest BCUT2D eigenvalue weighted by Crippen LogP contribution is 2.30. The van der Waals surface area contributed by atoms with Gasteiger partial charge in [-0.3, -0.25) is 9.89 Å². The van der Waals surface area contributed by atoms with Gasteiger partial charge in [-0.2, -0.15) is 5.10 Å². The van der Waals surface area contributed by atoms with Crippen molar-refractivity contribution < 1.29 is 13.2 Å². The van der Waals surface area contributed by atoms with Crippen LogP contribution in [0.2, 0.25) is 0 Å². The molecule has 0 aromatic carbocycles. The second kappa shape index (κ2) is 6.39. The van der Waals surface area contributed by atoms with E-state index in [1.807, 2.05) is 11.5 Å². The monoisotopic (exact) mass is 351 g/mol. The van der Waals surface area contributed by atoms with Crippen LogP contribution < -0.4 is 0 Å². The summed E-state index contributed by atoms with van der Waals surface area (Å²) in [5.41, 5.74) is 0.602. The number of aromatic amines is 1. The minimum absolute atomic E-state index is 0.0191. The number of carbonyl (C=O) groups excluding carboxylic acids is 1. The molecule has 1 saturated heterocycles. The molecule has 0 spiro atoms. The van der Waals surface area contributed by atoms with E-state index in [4.69, 9.17) is 0 Å². The fourth-order valence-corrected chi connectivity index (χ4v) is 4.00. The van der Waals surface area contributed by atoms with Crippen molar-refractivity contribution in [3.8, 4) is 0 Å². The standard InChI is InChI=1S/C15H21N5O3S/c1-3-13-16-5-7-19(13)10-14(21)20-6-4-11(9-20)15-12(8-17-18-15)24(2,22)23/h5,7-8,11H,3-4,6,9-10H2,1-2H3,(H,17,18)/t11-/m1/s1. The van der Waals surface area contributed by atoms with E-state index in [2.05, 4.69) is 15.2 Å². The van der Waals surface area contributed by atoms with Gasteiger partial charge in [0.1, 0.15) is 17.3 Å². The summed E-state index contributed by atoms with van der Waals surface area (Å²) in [7, 11) is -3.32. The molecule has 2 aromatic rings. The van der Waals surface area contributed by atoms with Crippen molar-refractivity contribution in [2.24, 2.45) is 0 Å². The topological polar surface area (TPSA) is 101 Å². The average Bonchev–Trinajstić information content (AvgIpc) is 3.25. The van der Waals surface area contributed by atoms with E-state index in [0.29, 0.717) is 18.8 Å². The van der Waals surface area contributed by atoms with E-state index < -0.39 is 9.84 Å². The molecule has 3 rings (SSSR count). The molecular weight excluding hydrogens is 330 g/mol. The highest BCUT2D eigenvalue weighted by molar-refractivity contribution is 7.90. The largest absolute Gasteiger partial charge is 0.340 e. The third-order valence-electron chi connectivity index (χ3n) is 4.40. The predicted octanol–water partition coefficient (Wildman–Crippen LogP) is 0.588. The quantitative estimate of drug-likeness (QED) is 0.849. The third-order valence-corrected chi connectivity index (χ3v) is 5.53. The summed E-state index contributed by atoms with van der Waals surface area (Å²) < 4.78 is 25.5. The molecule has 0 unspecified atom stereocenters. The molecule has 1 fully saturated rings. The lowest BCUT2D eigenvalue weighted by molar-refractivity contribution is -0.130. The van der Waals surface area contributed by atoms with Crippen molar-refractivity contribution in [2.75, 3.05) is 19.3 Å². The molecule has 3 heterocycles. The normalized spacial score (nSPS) is 18.2. The Bertz CT molecular complexity index is 839. The van der Waals surface area contributed by atoms with Crippen molar-refractivity contribution in [3.05, 3.63) is 30.1 Å². The van der Waals surface area contributed by atoms with Crippen molar-refractivity contribution in [1.29, 1.82) is 0 Å². The van der Waals surface area contributed by atoms with E-state index in [0.717, 1.165) is 18.7 Å². The van der Waals surface area contributed by atoms with Crippen LogP contribution >= 0.6 is 0 Å². The smallest absolute Gasteiger partial charge is 0.242 e. The minimum atomic E-state index is -3.32. The van der Waals surface area contributed by atoms with Gasteiger partial charge in [-0.25, -0.2) is 13.4 Å². The molecule has 0 bridgehead atoms. The second-order valence-corrected chi connectivity index (χ2v) is 8.05. The SMILES string of the molecule is CCc1nccn1CC(=O)N1CC[C@@H](c2[nH]ncc2S(C)(=O)=O)C1. The first kappa shape index (κ1) is 16.7. The van der Waals surface area contributed by atoms with Gasteiger partial charge in [0, 0.05) is 44.1 Å². The van der Waals surface area contributed by atoms with E-state index in [1.54, 1.807) is 17.3 Å². The molecule has 1 N–H and O–H groups in total. The molecule has 1 aliphatic heterocycles. The molecule has 1 amide bonds. The first-order chi connectivity index (χ1) is 11.4. The number of likely N-dealkylation sites (tertiary alicyclic amines) is 1. The highest BCUT2D eigenvalue weighted by Gasteiger charge is 2.31. The summed E-state index contributed by atoms with van der Waals surface area (Å²) in [6.45, 7) is 3.37. The lowest BCUT2D eigenvalue weighted by Gasteiger charge is -2.17. The van der Waals surface area contributed by atoms with Gasteiger partial charge >= 0.3 is 0 Å². The predicted molar refractivity (Wildman–Crippen MR) is 87.2 cm³/mol. The maximum Gasteiger partial charge on any atom is 0.242 e. The zero-order chi connectivity index (χ0) is 17.3. The van der Waals surface area contributed by atoms with Crippen molar-refractivity contribution in [2.45, 2.75) is 37.1 Å². The zero-order valence-electron chi connectivity index (χ0n) is 13.8. The zero-order valence-corrected chi connectivity index (χ0v) is 14.6. The Kier molecular flexibility index (Phi) is 4.44. The van der Waals surface area contributed by atoms with Crippen LogP contribution in [0, 0.1) is 0 Å². The number of imidazole rings is 1. The first-order valence-electron chi connectivity index (χ1n) is 7.91. The maximum atomic E-state index is 12.5. The summed E-state index contributed by atoms with van der Waals surface area (Å²) >= 11 is 0. The fraction of sp³-hybridized carbons (Fsp3) is 0.533. The molecule has 1 atom stereocenters. The van der Waals surface area contributed by atoms with Crippen LogP contribution in [0.4, 0.5) is 0 Å². The molecule has 9 heteroatoms. The molecule has 24 heavy (non-hydrogen) atoms. The second-order valence-electron chi connectivity index (χ2n) is 6.07. The lowest BCUT2D eigenvalue weighted by atomic mass is 10.1. The number of hydrogen-bond acceptors (Lipinski definition) is 5. The molecule has 130 valence electrons. The number of H-pyrrole nitrogens is 1. The molecule has 2 aromatic heterocycles. The molecule has 0 saturated carbocycles. The van der Waals surface area contributed by atoms with Gasteiger partial charge < -0.3 is 9.47 Å².